The molecular weight excluding hydrogens is 311 g/mol. The first-order valence-corrected chi connectivity index (χ1v) is 6.01. The Morgan fingerprint density at radius 1 is 1.21 bits per heavy atom. The van der Waals surface area contributed by atoms with Crippen molar-refractivity contribution < 1.29 is 9.47 Å². The fourth-order valence-corrected chi connectivity index (χ4v) is 3.26. The van der Waals surface area contributed by atoms with Gasteiger partial charge in [-0.15, -0.1) is 11.3 Å². The Kier molecular flexibility index (Phi) is 2.83. The highest BCUT2D eigenvalue weighted by atomic mass is 127. The third-order valence-electron chi connectivity index (χ3n) is 2.04. The van der Waals surface area contributed by atoms with E-state index in [-0.39, 0.29) is 0 Å². The third-order valence-corrected chi connectivity index (χ3v) is 4.09. The first-order chi connectivity index (χ1) is 6.77. The number of thiophene rings is 1. The number of rotatable bonds is 2. The van der Waals surface area contributed by atoms with Gasteiger partial charge in [0.05, 0.1) is 22.5 Å². The molecule has 14 heavy (non-hydrogen) atoms. The molecule has 1 heterocycles. The number of fused-ring (bicyclic) bond motifs is 1. The van der Waals surface area contributed by atoms with Crippen molar-refractivity contribution in [3.63, 3.8) is 0 Å². The summed E-state index contributed by atoms with van der Waals surface area (Å²) in [5.41, 5.74) is 0. The zero-order chi connectivity index (χ0) is 10.1. The Morgan fingerprint density at radius 2 is 1.93 bits per heavy atom. The first kappa shape index (κ1) is 10.0. The highest BCUT2D eigenvalue weighted by Crippen LogP contribution is 2.39. The van der Waals surface area contributed by atoms with Crippen LogP contribution in [0.2, 0.25) is 0 Å². The Bertz CT molecular complexity index is 464. The number of halogens is 1. The molecular formula is C10H9IO2S. The van der Waals surface area contributed by atoms with Crippen LogP contribution < -0.4 is 9.47 Å². The van der Waals surface area contributed by atoms with Crippen molar-refractivity contribution in [2.24, 2.45) is 0 Å². The molecule has 2 aromatic rings. The Balaban J connectivity index is 2.80. The van der Waals surface area contributed by atoms with Gasteiger partial charge in [-0.1, -0.05) is 0 Å². The van der Waals surface area contributed by atoms with E-state index in [4.69, 9.17) is 9.47 Å². The average Bonchev–Trinajstić information content (AvgIpc) is 2.68. The van der Waals surface area contributed by atoms with Gasteiger partial charge in [-0.05, 0) is 34.0 Å². The van der Waals surface area contributed by atoms with Crippen LogP contribution in [0.1, 0.15) is 0 Å². The molecule has 2 nitrogen and oxygen atoms in total. The molecule has 0 spiro atoms. The van der Waals surface area contributed by atoms with Crippen LogP contribution in [0.3, 0.4) is 0 Å². The Hall–Kier alpha value is -0.490. The maximum Gasteiger partial charge on any atom is 0.140 e. The van der Waals surface area contributed by atoms with Crippen LogP contribution in [0.5, 0.6) is 11.5 Å². The molecule has 0 aliphatic rings. The van der Waals surface area contributed by atoms with Gasteiger partial charge in [0.25, 0.3) is 0 Å². The number of hydrogen-bond acceptors (Lipinski definition) is 3. The summed E-state index contributed by atoms with van der Waals surface area (Å²) in [5, 5.41) is 3.27. The second kappa shape index (κ2) is 3.94. The third kappa shape index (κ3) is 1.46. The van der Waals surface area contributed by atoms with Crippen LogP contribution in [-0.4, -0.2) is 14.2 Å². The molecule has 0 saturated heterocycles. The average molecular weight is 320 g/mol. The minimum absolute atomic E-state index is 0.869. The summed E-state index contributed by atoms with van der Waals surface area (Å²) in [6, 6.07) is 4.02. The zero-order valence-electron chi connectivity index (χ0n) is 7.83. The van der Waals surface area contributed by atoms with Gasteiger partial charge in [-0.3, -0.25) is 0 Å². The van der Waals surface area contributed by atoms with E-state index >= 15 is 0 Å². The minimum Gasteiger partial charge on any atom is -0.495 e. The van der Waals surface area contributed by atoms with Crippen molar-refractivity contribution in [3.05, 3.63) is 21.1 Å². The lowest BCUT2D eigenvalue weighted by atomic mass is 10.2. The van der Waals surface area contributed by atoms with Gasteiger partial charge in [0.2, 0.25) is 0 Å². The highest BCUT2D eigenvalue weighted by Gasteiger charge is 2.11. The van der Waals surface area contributed by atoms with Crippen LogP contribution in [0.15, 0.2) is 17.5 Å². The highest BCUT2D eigenvalue weighted by molar-refractivity contribution is 14.1. The van der Waals surface area contributed by atoms with Crippen LogP contribution in [0, 0.1) is 3.57 Å². The molecule has 0 saturated carbocycles. The van der Waals surface area contributed by atoms with Gasteiger partial charge >= 0.3 is 0 Å². The summed E-state index contributed by atoms with van der Waals surface area (Å²) < 4.78 is 12.9. The van der Waals surface area contributed by atoms with Crippen LogP contribution >= 0.6 is 33.9 Å². The fraction of sp³-hybridized carbons (Fsp3) is 0.200. The van der Waals surface area contributed by atoms with Crippen LogP contribution in [-0.2, 0) is 0 Å². The maximum absolute atomic E-state index is 5.31. The normalized spacial score (nSPS) is 10.5. The van der Waals surface area contributed by atoms with Gasteiger partial charge in [0.1, 0.15) is 11.5 Å². The molecule has 1 aromatic heterocycles. The molecule has 0 N–H and O–H groups in total. The molecule has 1 aromatic carbocycles. The molecule has 0 aliphatic heterocycles. The summed E-state index contributed by atoms with van der Waals surface area (Å²) in [4.78, 5) is 0. The smallest absolute Gasteiger partial charge is 0.140 e. The molecule has 0 bridgehead atoms. The predicted molar refractivity (Wildman–Crippen MR) is 67.6 cm³/mol. The lowest BCUT2D eigenvalue weighted by Gasteiger charge is -2.08. The summed E-state index contributed by atoms with van der Waals surface area (Å²) in [5.74, 6) is 1.75. The van der Waals surface area contributed by atoms with Gasteiger partial charge in [-0.25, -0.2) is 0 Å². The van der Waals surface area contributed by atoms with E-state index in [0.717, 1.165) is 15.1 Å². The van der Waals surface area contributed by atoms with E-state index in [2.05, 4.69) is 34.0 Å². The SMILES string of the molecule is COc1cc(OC)c2sccc2c1I. The maximum atomic E-state index is 5.31. The molecule has 0 unspecified atom stereocenters. The van der Waals surface area contributed by atoms with Gasteiger partial charge < -0.3 is 9.47 Å². The van der Waals surface area contributed by atoms with Crippen molar-refractivity contribution >= 4 is 44.0 Å². The summed E-state index contributed by atoms with van der Waals surface area (Å²) in [6.07, 6.45) is 0. The van der Waals surface area contributed by atoms with E-state index in [1.54, 1.807) is 25.6 Å². The topological polar surface area (TPSA) is 18.5 Å². The molecule has 2 rings (SSSR count). The number of benzene rings is 1. The molecule has 0 atom stereocenters. The predicted octanol–water partition coefficient (Wildman–Crippen LogP) is 3.52. The number of ether oxygens (including phenoxy) is 2. The number of methoxy groups -OCH3 is 2. The minimum atomic E-state index is 0.869. The van der Waals surface area contributed by atoms with E-state index in [9.17, 15) is 0 Å². The van der Waals surface area contributed by atoms with Crippen molar-refractivity contribution in [2.45, 2.75) is 0 Å². The Morgan fingerprint density at radius 3 is 2.57 bits per heavy atom. The summed E-state index contributed by atoms with van der Waals surface area (Å²) >= 11 is 3.98. The molecule has 4 heteroatoms. The quantitative estimate of drug-likeness (QED) is 0.788. The monoisotopic (exact) mass is 320 g/mol. The molecule has 74 valence electrons. The van der Waals surface area contributed by atoms with Gasteiger partial charge in [0.15, 0.2) is 0 Å². The summed E-state index contributed by atoms with van der Waals surface area (Å²) in [7, 11) is 3.36. The van der Waals surface area contributed by atoms with Crippen LogP contribution in [0.25, 0.3) is 10.1 Å². The lowest BCUT2D eigenvalue weighted by Crippen LogP contribution is -1.90. The molecule has 0 amide bonds. The zero-order valence-corrected chi connectivity index (χ0v) is 10.8. The second-order valence-electron chi connectivity index (χ2n) is 2.76. The van der Waals surface area contributed by atoms with Crippen molar-refractivity contribution in [1.82, 2.24) is 0 Å². The fourth-order valence-electron chi connectivity index (χ4n) is 1.35. The largest absolute Gasteiger partial charge is 0.495 e. The standard InChI is InChI=1S/C10H9IO2S/c1-12-7-5-8(13-2)10-6(9(7)11)3-4-14-10/h3-5H,1-2H3. The summed E-state index contributed by atoms with van der Waals surface area (Å²) in [6.45, 7) is 0. The Labute approximate surface area is 100.0 Å². The first-order valence-electron chi connectivity index (χ1n) is 4.05. The van der Waals surface area contributed by atoms with E-state index in [1.165, 1.54) is 10.1 Å². The number of hydrogen-bond donors (Lipinski definition) is 0. The molecule has 0 aliphatic carbocycles. The van der Waals surface area contributed by atoms with E-state index in [0.29, 0.717) is 0 Å². The van der Waals surface area contributed by atoms with Crippen molar-refractivity contribution in [3.8, 4) is 11.5 Å². The lowest BCUT2D eigenvalue weighted by molar-refractivity contribution is 0.396. The second-order valence-corrected chi connectivity index (χ2v) is 4.75. The molecule has 0 fully saturated rings. The van der Waals surface area contributed by atoms with Gasteiger partial charge in [0, 0.05) is 11.5 Å². The van der Waals surface area contributed by atoms with E-state index < -0.39 is 0 Å². The molecule has 0 radical (unpaired) electrons. The van der Waals surface area contributed by atoms with Crippen LogP contribution in [0.4, 0.5) is 0 Å². The van der Waals surface area contributed by atoms with Crippen molar-refractivity contribution in [2.75, 3.05) is 14.2 Å². The van der Waals surface area contributed by atoms with E-state index in [1.807, 2.05) is 6.07 Å². The van der Waals surface area contributed by atoms with Crippen molar-refractivity contribution in [1.29, 1.82) is 0 Å². The van der Waals surface area contributed by atoms with Gasteiger partial charge in [-0.2, -0.15) is 0 Å².